The maximum absolute atomic E-state index is 12.3. The van der Waals surface area contributed by atoms with Crippen molar-refractivity contribution in [1.29, 1.82) is 0 Å². The molecular formula is C14H20N2O3S. The number of sulfonamides is 1. The quantitative estimate of drug-likeness (QED) is 0.926. The van der Waals surface area contributed by atoms with Crippen molar-refractivity contribution in [1.82, 2.24) is 4.72 Å². The Balaban J connectivity index is 2.32. The van der Waals surface area contributed by atoms with E-state index in [0.717, 1.165) is 6.42 Å². The van der Waals surface area contributed by atoms with E-state index in [4.69, 9.17) is 0 Å². The van der Waals surface area contributed by atoms with Gasteiger partial charge in [0.05, 0.1) is 4.90 Å². The predicted molar refractivity (Wildman–Crippen MR) is 78.1 cm³/mol. The topological polar surface area (TPSA) is 66.5 Å². The molecular weight excluding hydrogens is 276 g/mol. The first-order chi connectivity index (χ1) is 9.19. The minimum atomic E-state index is -3.58. The van der Waals surface area contributed by atoms with Gasteiger partial charge in [0.25, 0.3) is 0 Å². The first-order valence-electron chi connectivity index (χ1n) is 6.63. The highest BCUT2D eigenvalue weighted by Crippen LogP contribution is 2.24. The van der Waals surface area contributed by atoms with Crippen LogP contribution in [0.3, 0.4) is 0 Å². The van der Waals surface area contributed by atoms with Crippen molar-refractivity contribution in [2.75, 3.05) is 11.4 Å². The Morgan fingerprint density at radius 1 is 1.25 bits per heavy atom. The molecule has 0 bridgehead atoms. The van der Waals surface area contributed by atoms with Gasteiger partial charge >= 0.3 is 0 Å². The summed E-state index contributed by atoms with van der Waals surface area (Å²) in [5.41, 5.74) is 0.0995. The summed E-state index contributed by atoms with van der Waals surface area (Å²) in [7, 11) is -3.58. The SMILES string of the molecule is CC(C)(C)NS(=O)(=O)c1cccc(N2CCCC2=O)c1. The lowest BCUT2D eigenvalue weighted by atomic mass is 10.1. The maximum atomic E-state index is 12.3. The van der Waals surface area contributed by atoms with Gasteiger partial charge < -0.3 is 4.90 Å². The predicted octanol–water partition coefficient (Wildman–Crippen LogP) is 1.89. The standard InChI is InChI=1S/C14H20N2O3S/c1-14(2,3)15-20(18,19)12-7-4-6-11(10-12)16-9-5-8-13(16)17/h4,6-7,10,15H,5,8-9H2,1-3H3. The normalized spacial score (nSPS) is 16.8. The third-order valence-corrected chi connectivity index (χ3v) is 4.71. The molecule has 1 aromatic rings. The second-order valence-electron chi connectivity index (χ2n) is 6.00. The van der Waals surface area contributed by atoms with Crippen molar-refractivity contribution in [3.8, 4) is 0 Å². The fourth-order valence-electron chi connectivity index (χ4n) is 2.20. The van der Waals surface area contributed by atoms with E-state index >= 15 is 0 Å². The molecule has 1 saturated heterocycles. The Hall–Kier alpha value is -1.40. The van der Waals surface area contributed by atoms with Crippen molar-refractivity contribution in [2.45, 2.75) is 44.0 Å². The zero-order valence-corrected chi connectivity index (χ0v) is 12.8. The molecule has 0 spiro atoms. The smallest absolute Gasteiger partial charge is 0.241 e. The van der Waals surface area contributed by atoms with Crippen LogP contribution in [0.4, 0.5) is 5.69 Å². The van der Waals surface area contributed by atoms with Crippen LogP contribution >= 0.6 is 0 Å². The van der Waals surface area contributed by atoms with Gasteiger partial charge in [-0.25, -0.2) is 13.1 Å². The molecule has 2 rings (SSSR count). The van der Waals surface area contributed by atoms with Crippen LogP contribution in [0.25, 0.3) is 0 Å². The Morgan fingerprint density at radius 2 is 1.95 bits per heavy atom. The molecule has 0 aliphatic carbocycles. The number of nitrogens with zero attached hydrogens (tertiary/aromatic N) is 1. The molecule has 1 heterocycles. The highest BCUT2D eigenvalue weighted by molar-refractivity contribution is 7.89. The lowest BCUT2D eigenvalue weighted by Crippen LogP contribution is -2.40. The van der Waals surface area contributed by atoms with Crippen LogP contribution in [0.2, 0.25) is 0 Å². The number of anilines is 1. The molecule has 5 nitrogen and oxygen atoms in total. The summed E-state index contributed by atoms with van der Waals surface area (Å²) in [6.07, 6.45) is 1.34. The van der Waals surface area contributed by atoms with Crippen LogP contribution in [0, 0.1) is 0 Å². The van der Waals surface area contributed by atoms with Crippen LogP contribution in [-0.2, 0) is 14.8 Å². The van der Waals surface area contributed by atoms with Gasteiger partial charge in [0.15, 0.2) is 0 Å². The fourth-order valence-corrected chi connectivity index (χ4v) is 3.66. The summed E-state index contributed by atoms with van der Waals surface area (Å²) in [6.45, 7) is 6.02. The van der Waals surface area contributed by atoms with Crippen LogP contribution in [0.15, 0.2) is 29.2 Å². The first-order valence-corrected chi connectivity index (χ1v) is 8.12. The van der Waals surface area contributed by atoms with E-state index in [1.54, 1.807) is 43.9 Å². The van der Waals surface area contributed by atoms with Gasteiger partial charge in [0.1, 0.15) is 0 Å². The number of hydrogen-bond donors (Lipinski definition) is 1. The van der Waals surface area contributed by atoms with Gasteiger partial charge in [-0.1, -0.05) is 6.07 Å². The molecule has 1 fully saturated rings. The third kappa shape index (κ3) is 3.37. The van der Waals surface area contributed by atoms with Crippen molar-refractivity contribution in [3.63, 3.8) is 0 Å². The maximum Gasteiger partial charge on any atom is 0.241 e. The van der Waals surface area contributed by atoms with Crippen molar-refractivity contribution >= 4 is 21.6 Å². The van der Waals surface area contributed by atoms with Gasteiger partial charge in [0, 0.05) is 24.2 Å². The minimum absolute atomic E-state index is 0.0447. The number of carbonyl (C=O) groups is 1. The molecule has 110 valence electrons. The Kier molecular flexibility index (Phi) is 3.88. The number of hydrogen-bond acceptors (Lipinski definition) is 3. The summed E-state index contributed by atoms with van der Waals surface area (Å²) in [5.74, 6) is 0.0447. The van der Waals surface area contributed by atoms with Crippen LogP contribution < -0.4 is 9.62 Å². The van der Waals surface area contributed by atoms with E-state index in [1.807, 2.05) is 0 Å². The second kappa shape index (κ2) is 5.18. The highest BCUT2D eigenvalue weighted by Gasteiger charge is 2.25. The number of carbonyl (C=O) groups excluding carboxylic acids is 1. The summed E-state index contributed by atoms with van der Waals surface area (Å²) in [6, 6.07) is 6.52. The van der Waals surface area contributed by atoms with Crippen LogP contribution in [-0.4, -0.2) is 26.4 Å². The van der Waals surface area contributed by atoms with Gasteiger partial charge in [-0.05, 0) is 45.4 Å². The molecule has 1 aliphatic rings. The Labute approximate surface area is 120 Å². The molecule has 0 radical (unpaired) electrons. The van der Waals surface area contributed by atoms with Gasteiger partial charge in [-0.2, -0.15) is 0 Å². The molecule has 0 unspecified atom stereocenters. The Bertz CT molecular complexity index is 618. The summed E-state index contributed by atoms with van der Waals surface area (Å²) in [5, 5.41) is 0. The first kappa shape index (κ1) is 15.0. The number of nitrogens with one attached hydrogen (secondary N) is 1. The molecule has 0 atom stereocenters. The van der Waals surface area contributed by atoms with Crippen molar-refractivity contribution in [2.24, 2.45) is 0 Å². The molecule has 20 heavy (non-hydrogen) atoms. The molecule has 1 amide bonds. The summed E-state index contributed by atoms with van der Waals surface area (Å²) < 4.78 is 27.2. The average molecular weight is 296 g/mol. The largest absolute Gasteiger partial charge is 0.312 e. The summed E-state index contributed by atoms with van der Waals surface area (Å²) in [4.78, 5) is 13.5. The number of amides is 1. The molecule has 0 saturated carbocycles. The Morgan fingerprint density at radius 3 is 2.50 bits per heavy atom. The van der Waals surface area contributed by atoms with Crippen molar-refractivity contribution in [3.05, 3.63) is 24.3 Å². The van der Waals surface area contributed by atoms with E-state index in [2.05, 4.69) is 4.72 Å². The highest BCUT2D eigenvalue weighted by atomic mass is 32.2. The fraction of sp³-hybridized carbons (Fsp3) is 0.500. The van der Waals surface area contributed by atoms with E-state index < -0.39 is 15.6 Å². The zero-order valence-electron chi connectivity index (χ0n) is 12.0. The zero-order chi connectivity index (χ0) is 15.0. The second-order valence-corrected chi connectivity index (χ2v) is 7.68. The molecule has 1 N–H and O–H groups in total. The third-order valence-electron chi connectivity index (χ3n) is 2.95. The molecule has 6 heteroatoms. The van der Waals surface area contributed by atoms with Crippen LogP contribution in [0.5, 0.6) is 0 Å². The van der Waals surface area contributed by atoms with E-state index in [9.17, 15) is 13.2 Å². The number of benzene rings is 1. The van der Waals surface area contributed by atoms with E-state index in [1.165, 1.54) is 6.07 Å². The monoisotopic (exact) mass is 296 g/mol. The lowest BCUT2D eigenvalue weighted by Gasteiger charge is -2.21. The van der Waals surface area contributed by atoms with Gasteiger partial charge in [-0.3, -0.25) is 4.79 Å². The van der Waals surface area contributed by atoms with Gasteiger partial charge in [-0.15, -0.1) is 0 Å². The van der Waals surface area contributed by atoms with Crippen molar-refractivity contribution < 1.29 is 13.2 Å². The number of rotatable bonds is 3. The minimum Gasteiger partial charge on any atom is -0.312 e. The summed E-state index contributed by atoms with van der Waals surface area (Å²) >= 11 is 0. The van der Waals surface area contributed by atoms with Gasteiger partial charge in [0.2, 0.25) is 15.9 Å². The van der Waals surface area contributed by atoms with E-state index in [-0.39, 0.29) is 10.8 Å². The van der Waals surface area contributed by atoms with Crippen LogP contribution in [0.1, 0.15) is 33.6 Å². The molecule has 0 aromatic heterocycles. The molecule has 1 aliphatic heterocycles. The van der Waals surface area contributed by atoms with E-state index in [0.29, 0.717) is 18.7 Å². The lowest BCUT2D eigenvalue weighted by molar-refractivity contribution is -0.117. The molecule has 1 aromatic carbocycles. The average Bonchev–Trinajstić information content (AvgIpc) is 2.72.